The van der Waals surface area contributed by atoms with E-state index in [9.17, 15) is 17.6 Å². The van der Waals surface area contributed by atoms with Gasteiger partial charge >= 0.3 is 0 Å². The molecule has 2 aromatic carbocycles. The summed E-state index contributed by atoms with van der Waals surface area (Å²) in [5.41, 5.74) is 2.68. The summed E-state index contributed by atoms with van der Waals surface area (Å²) in [7, 11) is -3.91. The minimum Gasteiger partial charge on any atom is -0.358 e. The van der Waals surface area contributed by atoms with Gasteiger partial charge in [-0.25, -0.2) is 12.8 Å². The van der Waals surface area contributed by atoms with Gasteiger partial charge in [-0.15, -0.1) is 0 Å². The van der Waals surface area contributed by atoms with Gasteiger partial charge in [0.05, 0.1) is 10.6 Å². The Kier molecular flexibility index (Phi) is 4.12. The monoisotopic (exact) mass is 400 g/mol. The fraction of sp³-hybridized carbons (Fsp3) is 0.286. The van der Waals surface area contributed by atoms with E-state index in [1.54, 1.807) is 19.1 Å². The fourth-order valence-electron chi connectivity index (χ4n) is 3.95. The third-order valence-electron chi connectivity index (χ3n) is 5.11. The third kappa shape index (κ3) is 3.20. The molecule has 0 fully saturated rings. The maximum absolute atomic E-state index is 13.4. The van der Waals surface area contributed by atoms with Crippen LogP contribution in [0.1, 0.15) is 41.9 Å². The molecule has 1 aliphatic carbocycles. The summed E-state index contributed by atoms with van der Waals surface area (Å²) in [6.45, 7) is 5.78. The number of rotatable bonds is 3. The van der Waals surface area contributed by atoms with Gasteiger partial charge in [0.1, 0.15) is 5.82 Å². The lowest BCUT2D eigenvalue weighted by Crippen LogP contribution is -2.26. The van der Waals surface area contributed by atoms with Gasteiger partial charge < -0.3 is 4.98 Å². The number of H-pyrrole nitrogens is 1. The van der Waals surface area contributed by atoms with E-state index >= 15 is 0 Å². The molecule has 1 heterocycles. The zero-order chi connectivity index (χ0) is 20.3. The SMILES string of the molecule is Cc1cc2c3c([nH]c2cc1S(=O)(=O)Nc1cccc(F)c1)CC(C)(C)CC3=O. The lowest BCUT2D eigenvalue weighted by atomic mass is 9.76. The molecular formula is C21H21FN2O3S. The van der Waals surface area contributed by atoms with E-state index in [2.05, 4.69) is 9.71 Å². The number of carbonyl (C=O) groups is 1. The molecule has 0 bridgehead atoms. The Labute approximate surface area is 163 Å². The average Bonchev–Trinajstić information content (AvgIpc) is 2.89. The second kappa shape index (κ2) is 6.17. The van der Waals surface area contributed by atoms with Crippen LogP contribution in [0.3, 0.4) is 0 Å². The topological polar surface area (TPSA) is 79.0 Å². The molecule has 7 heteroatoms. The number of hydrogen-bond donors (Lipinski definition) is 2. The maximum atomic E-state index is 13.4. The van der Waals surface area contributed by atoms with Gasteiger partial charge in [0.15, 0.2) is 5.78 Å². The number of nitrogens with one attached hydrogen (secondary N) is 2. The molecule has 0 aliphatic heterocycles. The molecule has 1 aliphatic rings. The highest BCUT2D eigenvalue weighted by molar-refractivity contribution is 7.92. The molecule has 0 atom stereocenters. The summed E-state index contributed by atoms with van der Waals surface area (Å²) in [6, 6.07) is 8.58. The smallest absolute Gasteiger partial charge is 0.262 e. The van der Waals surface area contributed by atoms with Crippen LogP contribution in [0.15, 0.2) is 41.3 Å². The molecule has 28 heavy (non-hydrogen) atoms. The largest absolute Gasteiger partial charge is 0.358 e. The van der Waals surface area contributed by atoms with Gasteiger partial charge in [0.2, 0.25) is 0 Å². The first-order chi connectivity index (χ1) is 13.1. The first-order valence-corrected chi connectivity index (χ1v) is 10.5. The van der Waals surface area contributed by atoms with Crippen molar-refractivity contribution in [1.29, 1.82) is 0 Å². The van der Waals surface area contributed by atoms with Crippen LogP contribution >= 0.6 is 0 Å². The number of hydrogen-bond acceptors (Lipinski definition) is 3. The second-order valence-corrected chi connectivity index (χ2v) is 9.85. The molecule has 0 saturated heterocycles. The van der Waals surface area contributed by atoms with Gasteiger partial charge in [0, 0.05) is 28.6 Å². The Bertz CT molecular complexity index is 1230. The van der Waals surface area contributed by atoms with Crippen LogP contribution in [0.2, 0.25) is 0 Å². The van der Waals surface area contributed by atoms with Gasteiger partial charge in [-0.3, -0.25) is 9.52 Å². The van der Waals surface area contributed by atoms with Crippen molar-refractivity contribution in [2.75, 3.05) is 4.72 Å². The fourth-order valence-corrected chi connectivity index (χ4v) is 5.26. The van der Waals surface area contributed by atoms with E-state index in [1.807, 2.05) is 13.8 Å². The van der Waals surface area contributed by atoms with E-state index in [4.69, 9.17) is 0 Å². The molecule has 0 spiro atoms. The van der Waals surface area contributed by atoms with Crippen molar-refractivity contribution in [3.8, 4) is 0 Å². The summed E-state index contributed by atoms with van der Waals surface area (Å²) >= 11 is 0. The molecule has 0 saturated carbocycles. The molecule has 3 aromatic rings. The van der Waals surface area contributed by atoms with Crippen LogP contribution < -0.4 is 4.72 Å². The standard InChI is InChI=1S/C21H21FN2O3S/c1-12-7-15-16(23-17-10-21(2,3)11-18(25)20(15)17)9-19(12)28(26,27)24-14-6-4-5-13(22)8-14/h4-9,23-24H,10-11H2,1-3H3. The summed E-state index contributed by atoms with van der Waals surface area (Å²) in [5, 5.41) is 0.748. The maximum Gasteiger partial charge on any atom is 0.262 e. The van der Waals surface area contributed by atoms with Crippen molar-refractivity contribution in [2.45, 2.75) is 38.5 Å². The number of carbonyl (C=O) groups excluding carboxylic acids is 1. The molecule has 0 amide bonds. The lowest BCUT2D eigenvalue weighted by molar-refractivity contribution is 0.0913. The quantitative estimate of drug-likeness (QED) is 0.676. The zero-order valence-electron chi connectivity index (χ0n) is 15.9. The van der Waals surface area contributed by atoms with E-state index in [-0.39, 0.29) is 21.8 Å². The predicted octanol–water partition coefficient (Wildman–Crippen LogP) is 4.57. The lowest BCUT2D eigenvalue weighted by Gasteiger charge is -2.28. The van der Waals surface area contributed by atoms with E-state index in [0.717, 1.165) is 23.6 Å². The molecule has 4 rings (SSSR count). The average molecular weight is 400 g/mol. The first-order valence-electron chi connectivity index (χ1n) is 9.02. The molecule has 146 valence electrons. The van der Waals surface area contributed by atoms with Crippen LogP contribution in [0.5, 0.6) is 0 Å². The zero-order valence-corrected chi connectivity index (χ0v) is 16.7. The number of aryl methyl sites for hydroxylation is 1. The molecule has 5 nitrogen and oxygen atoms in total. The second-order valence-electron chi connectivity index (χ2n) is 8.20. The minimum atomic E-state index is -3.91. The van der Waals surface area contributed by atoms with Crippen LogP contribution in [-0.2, 0) is 16.4 Å². The van der Waals surface area contributed by atoms with E-state index in [0.29, 0.717) is 23.1 Å². The number of Topliss-reactive ketones (excluding diaryl/α,β-unsaturated/α-hetero) is 1. The summed E-state index contributed by atoms with van der Waals surface area (Å²) < 4.78 is 41.6. The number of aromatic nitrogens is 1. The van der Waals surface area contributed by atoms with Crippen LogP contribution in [0, 0.1) is 18.2 Å². The first kappa shape index (κ1) is 18.7. The Morgan fingerprint density at radius 1 is 1.14 bits per heavy atom. The number of fused-ring (bicyclic) bond motifs is 3. The normalized spacial score (nSPS) is 16.2. The Morgan fingerprint density at radius 2 is 1.89 bits per heavy atom. The van der Waals surface area contributed by atoms with Crippen molar-refractivity contribution >= 4 is 32.4 Å². The molecule has 1 aromatic heterocycles. The highest BCUT2D eigenvalue weighted by Gasteiger charge is 2.34. The Morgan fingerprint density at radius 3 is 2.61 bits per heavy atom. The van der Waals surface area contributed by atoms with Crippen LogP contribution in [0.25, 0.3) is 10.9 Å². The van der Waals surface area contributed by atoms with Crippen molar-refractivity contribution in [1.82, 2.24) is 4.98 Å². The number of anilines is 1. The van der Waals surface area contributed by atoms with Crippen molar-refractivity contribution < 1.29 is 17.6 Å². The Balaban J connectivity index is 1.81. The van der Waals surface area contributed by atoms with Gasteiger partial charge in [0.25, 0.3) is 10.0 Å². The summed E-state index contributed by atoms with van der Waals surface area (Å²) in [4.78, 5) is 16.0. The molecular weight excluding hydrogens is 379 g/mol. The molecule has 0 radical (unpaired) electrons. The third-order valence-corrected chi connectivity index (χ3v) is 6.63. The van der Waals surface area contributed by atoms with Crippen LogP contribution in [0.4, 0.5) is 10.1 Å². The van der Waals surface area contributed by atoms with Crippen LogP contribution in [-0.4, -0.2) is 19.2 Å². The van der Waals surface area contributed by atoms with Gasteiger partial charge in [-0.05, 0) is 54.7 Å². The van der Waals surface area contributed by atoms with Crippen molar-refractivity contribution in [3.05, 3.63) is 59.0 Å². The molecule has 0 unspecified atom stereocenters. The number of aromatic amines is 1. The van der Waals surface area contributed by atoms with E-state index < -0.39 is 15.8 Å². The van der Waals surface area contributed by atoms with Crippen molar-refractivity contribution in [2.24, 2.45) is 5.41 Å². The predicted molar refractivity (Wildman–Crippen MR) is 107 cm³/mol. The number of benzene rings is 2. The van der Waals surface area contributed by atoms with Crippen molar-refractivity contribution in [3.63, 3.8) is 0 Å². The van der Waals surface area contributed by atoms with Gasteiger partial charge in [-0.1, -0.05) is 19.9 Å². The highest BCUT2D eigenvalue weighted by atomic mass is 32.2. The molecule has 2 N–H and O–H groups in total. The highest BCUT2D eigenvalue weighted by Crippen LogP contribution is 2.39. The minimum absolute atomic E-state index is 0.0744. The number of ketones is 1. The number of halogens is 1. The summed E-state index contributed by atoms with van der Waals surface area (Å²) in [5.74, 6) is -0.448. The number of sulfonamides is 1. The van der Waals surface area contributed by atoms with E-state index in [1.165, 1.54) is 18.2 Å². The Hall–Kier alpha value is -2.67. The van der Waals surface area contributed by atoms with Gasteiger partial charge in [-0.2, -0.15) is 0 Å². The summed E-state index contributed by atoms with van der Waals surface area (Å²) in [6.07, 6.45) is 1.19.